The third kappa shape index (κ3) is 9.17. The van der Waals surface area contributed by atoms with E-state index in [9.17, 15) is 26.4 Å². The maximum Gasteiger partial charge on any atom is 0.261 e. The standard InChI is InChI=1S/C42H38N4O8S2/c1-27-11-17-35(18-12-27)55(49,50)45-33-9-5-7-31(23-33)41(47)43-37-21-15-29(25-39(37)53-3)30-16-22-38(40(26-30)54-4)44-42(48)32-8-6-10-34(24-32)46-56(51,52)36-19-13-28(2)14-20-36/h5-26,45-46H,1-4H3,(H,43,47)(H,44,48). The lowest BCUT2D eigenvalue weighted by Gasteiger charge is -2.15. The first-order valence-electron chi connectivity index (χ1n) is 17.1. The molecule has 4 N–H and O–H groups in total. The second kappa shape index (κ2) is 16.4. The summed E-state index contributed by atoms with van der Waals surface area (Å²) < 4.78 is 67.9. The van der Waals surface area contributed by atoms with Crippen LogP contribution in [0.4, 0.5) is 22.7 Å². The summed E-state index contributed by atoms with van der Waals surface area (Å²) in [5.41, 5.74) is 4.95. The van der Waals surface area contributed by atoms with Gasteiger partial charge >= 0.3 is 0 Å². The molecule has 0 atom stereocenters. The summed E-state index contributed by atoms with van der Waals surface area (Å²) in [5, 5.41) is 5.66. The normalized spacial score (nSPS) is 11.3. The van der Waals surface area contributed by atoms with Crippen molar-refractivity contribution in [3.8, 4) is 22.6 Å². The van der Waals surface area contributed by atoms with Crippen molar-refractivity contribution in [1.82, 2.24) is 0 Å². The smallest absolute Gasteiger partial charge is 0.261 e. The SMILES string of the molecule is COc1cc(-c2ccc(NC(=O)c3cccc(NS(=O)(=O)c4ccc(C)cc4)c3)c(OC)c2)ccc1NC(=O)c1cccc(NS(=O)(=O)c2ccc(C)cc2)c1. The first kappa shape index (κ1) is 39.1. The molecular weight excluding hydrogens is 753 g/mol. The number of ether oxygens (including phenoxy) is 2. The third-order valence-electron chi connectivity index (χ3n) is 8.65. The van der Waals surface area contributed by atoms with Crippen LogP contribution in [0.3, 0.4) is 0 Å². The first-order chi connectivity index (χ1) is 26.7. The van der Waals surface area contributed by atoms with Crippen molar-refractivity contribution in [3.63, 3.8) is 0 Å². The minimum Gasteiger partial charge on any atom is -0.495 e. The van der Waals surface area contributed by atoms with Gasteiger partial charge in [0.2, 0.25) is 0 Å². The lowest BCUT2D eigenvalue weighted by atomic mass is 10.0. The summed E-state index contributed by atoms with van der Waals surface area (Å²) in [5.74, 6) is -0.241. The highest BCUT2D eigenvalue weighted by Crippen LogP contribution is 2.35. The molecule has 14 heteroatoms. The molecule has 0 aliphatic carbocycles. The molecular formula is C42H38N4O8S2. The number of hydrogen-bond acceptors (Lipinski definition) is 8. The number of benzene rings is 6. The molecule has 286 valence electrons. The monoisotopic (exact) mass is 790 g/mol. The minimum absolute atomic E-state index is 0.102. The van der Waals surface area contributed by atoms with Gasteiger partial charge in [-0.2, -0.15) is 0 Å². The van der Waals surface area contributed by atoms with Gasteiger partial charge in [0.05, 0.1) is 35.4 Å². The molecule has 2 amide bonds. The summed E-state index contributed by atoms with van der Waals surface area (Å²) in [6.07, 6.45) is 0. The molecule has 0 saturated heterocycles. The maximum absolute atomic E-state index is 13.3. The lowest BCUT2D eigenvalue weighted by molar-refractivity contribution is 0.101. The van der Waals surface area contributed by atoms with Crippen LogP contribution in [0, 0.1) is 13.8 Å². The highest BCUT2D eigenvalue weighted by molar-refractivity contribution is 7.93. The molecule has 6 aromatic rings. The molecule has 0 aromatic heterocycles. The van der Waals surface area contributed by atoms with Crippen LogP contribution in [-0.4, -0.2) is 42.9 Å². The van der Waals surface area contributed by atoms with Crippen LogP contribution in [0.15, 0.2) is 143 Å². The Morgan fingerprint density at radius 3 is 1.21 bits per heavy atom. The highest BCUT2D eigenvalue weighted by atomic mass is 32.2. The number of anilines is 4. The van der Waals surface area contributed by atoms with Gasteiger partial charge in [0, 0.05) is 22.5 Å². The van der Waals surface area contributed by atoms with E-state index in [4.69, 9.17) is 9.47 Å². The van der Waals surface area contributed by atoms with Gasteiger partial charge in [0.1, 0.15) is 11.5 Å². The van der Waals surface area contributed by atoms with Crippen molar-refractivity contribution in [2.75, 3.05) is 34.3 Å². The van der Waals surface area contributed by atoms with Gasteiger partial charge in [-0.05, 0) is 110 Å². The Bertz CT molecular complexity index is 2460. The number of amides is 2. The van der Waals surface area contributed by atoms with Crippen molar-refractivity contribution in [1.29, 1.82) is 0 Å². The van der Waals surface area contributed by atoms with Gasteiger partial charge in [0.15, 0.2) is 0 Å². The van der Waals surface area contributed by atoms with Gasteiger partial charge in [-0.3, -0.25) is 19.0 Å². The predicted octanol–water partition coefficient (Wildman–Crippen LogP) is 8.09. The van der Waals surface area contributed by atoms with E-state index in [1.165, 1.54) is 50.6 Å². The van der Waals surface area contributed by atoms with E-state index in [1.807, 2.05) is 13.8 Å². The van der Waals surface area contributed by atoms with Crippen molar-refractivity contribution in [2.45, 2.75) is 23.6 Å². The predicted molar refractivity (Wildman–Crippen MR) is 218 cm³/mol. The number of sulfonamides is 2. The van der Waals surface area contributed by atoms with Gasteiger partial charge in [-0.25, -0.2) is 16.8 Å². The van der Waals surface area contributed by atoms with Crippen molar-refractivity contribution in [3.05, 3.63) is 156 Å². The lowest BCUT2D eigenvalue weighted by Crippen LogP contribution is -2.15. The number of rotatable bonds is 13. The summed E-state index contributed by atoms with van der Waals surface area (Å²) in [4.78, 5) is 26.8. The molecule has 56 heavy (non-hydrogen) atoms. The summed E-state index contributed by atoms with van der Waals surface area (Å²) in [7, 11) is -4.80. The number of methoxy groups -OCH3 is 2. The van der Waals surface area contributed by atoms with Gasteiger partial charge in [-0.15, -0.1) is 0 Å². The van der Waals surface area contributed by atoms with Crippen LogP contribution < -0.4 is 29.6 Å². The Labute approximate surface area is 325 Å². The molecule has 12 nitrogen and oxygen atoms in total. The van der Waals surface area contributed by atoms with Crippen LogP contribution in [0.25, 0.3) is 11.1 Å². The number of hydrogen-bond donors (Lipinski definition) is 4. The topological polar surface area (TPSA) is 169 Å². The zero-order valence-electron chi connectivity index (χ0n) is 30.8. The average molecular weight is 791 g/mol. The Morgan fingerprint density at radius 1 is 0.482 bits per heavy atom. The maximum atomic E-state index is 13.3. The van der Waals surface area contributed by atoms with Crippen LogP contribution >= 0.6 is 0 Å². The fourth-order valence-corrected chi connectivity index (χ4v) is 7.75. The third-order valence-corrected chi connectivity index (χ3v) is 11.4. The minimum atomic E-state index is -3.87. The largest absolute Gasteiger partial charge is 0.495 e. The van der Waals surface area contributed by atoms with Crippen molar-refractivity contribution in [2.24, 2.45) is 0 Å². The number of aryl methyl sites for hydroxylation is 2. The fourth-order valence-electron chi connectivity index (χ4n) is 5.65. The zero-order valence-corrected chi connectivity index (χ0v) is 32.4. The second-order valence-electron chi connectivity index (χ2n) is 12.7. The first-order valence-corrected chi connectivity index (χ1v) is 20.1. The molecule has 6 aromatic carbocycles. The Hall–Kier alpha value is -6.64. The molecule has 6 rings (SSSR count). The Balaban J connectivity index is 1.14. The van der Waals surface area contributed by atoms with Crippen molar-refractivity contribution < 1.29 is 35.9 Å². The highest BCUT2D eigenvalue weighted by Gasteiger charge is 2.19. The van der Waals surface area contributed by atoms with Crippen LogP contribution in [0.2, 0.25) is 0 Å². The molecule has 0 bridgehead atoms. The van der Waals surface area contributed by atoms with E-state index in [-0.39, 0.29) is 32.3 Å². The molecule has 0 fully saturated rings. The van der Waals surface area contributed by atoms with Crippen LogP contribution in [0.5, 0.6) is 11.5 Å². The van der Waals surface area contributed by atoms with E-state index >= 15 is 0 Å². The van der Waals surface area contributed by atoms with E-state index in [0.29, 0.717) is 22.9 Å². The Kier molecular flexibility index (Phi) is 11.4. The molecule has 0 heterocycles. The van der Waals surface area contributed by atoms with Crippen molar-refractivity contribution >= 4 is 54.6 Å². The van der Waals surface area contributed by atoms with Gasteiger partial charge < -0.3 is 20.1 Å². The molecule has 0 saturated carbocycles. The summed E-state index contributed by atoms with van der Waals surface area (Å²) in [6.45, 7) is 3.73. The zero-order chi connectivity index (χ0) is 40.0. The van der Waals surface area contributed by atoms with E-state index in [2.05, 4.69) is 20.1 Å². The van der Waals surface area contributed by atoms with E-state index in [1.54, 1.807) is 97.1 Å². The van der Waals surface area contributed by atoms with Crippen LogP contribution in [-0.2, 0) is 20.0 Å². The number of carbonyl (C=O) groups is 2. The second-order valence-corrected chi connectivity index (χ2v) is 16.1. The molecule has 0 spiro atoms. The Morgan fingerprint density at radius 2 is 0.857 bits per heavy atom. The molecule has 0 radical (unpaired) electrons. The summed E-state index contributed by atoms with van der Waals surface area (Å²) >= 11 is 0. The molecule has 0 aliphatic rings. The van der Waals surface area contributed by atoms with Crippen LogP contribution in [0.1, 0.15) is 31.8 Å². The van der Waals surface area contributed by atoms with E-state index in [0.717, 1.165) is 22.3 Å². The molecule has 0 unspecified atom stereocenters. The average Bonchev–Trinajstić information content (AvgIpc) is 3.18. The fraction of sp³-hybridized carbons (Fsp3) is 0.0952. The summed E-state index contributed by atoms with van der Waals surface area (Å²) in [6, 6.07) is 35.5. The molecule has 0 aliphatic heterocycles. The quantitative estimate of drug-likeness (QED) is 0.0910. The number of nitrogens with one attached hydrogen (secondary N) is 4. The number of carbonyl (C=O) groups excluding carboxylic acids is 2. The van der Waals surface area contributed by atoms with Gasteiger partial charge in [0.25, 0.3) is 31.9 Å². The van der Waals surface area contributed by atoms with E-state index < -0.39 is 31.9 Å². The van der Waals surface area contributed by atoms with Gasteiger partial charge in [-0.1, -0.05) is 59.7 Å².